The summed E-state index contributed by atoms with van der Waals surface area (Å²) in [5, 5.41) is 16.7. The van der Waals surface area contributed by atoms with Gasteiger partial charge in [0.25, 0.3) is 5.91 Å². The van der Waals surface area contributed by atoms with Crippen LogP contribution in [0.25, 0.3) is 5.69 Å². The molecule has 0 aliphatic rings. The third kappa shape index (κ3) is 3.92. The second kappa shape index (κ2) is 7.17. The number of amides is 1. The predicted octanol–water partition coefficient (Wildman–Crippen LogP) is 1.71. The topological polar surface area (TPSA) is 80.0 Å². The van der Waals surface area contributed by atoms with Crippen LogP contribution in [0.5, 0.6) is 0 Å². The summed E-state index contributed by atoms with van der Waals surface area (Å²) in [4.78, 5) is 16.1. The van der Waals surface area contributed by atoms with Crippen molar-refractivity contribution in [3.8, 4) is 5.69 Å². The molecule has 0 aliphatic carbocycles. The second-order valence-corrected chi connectivity index (χ2v) is 5.70. The summed E-state index contributed by atoms with van der Waals surface area (Å²) in [5.74, 6) is 0.0687. The molecule has 2 N–H and O–H groups in total. The Morgan fingerprint density at radius 1 is 1.41 bits per heavy atom. The lowest BCUT2D eigenvalue weighted by molar-refractivity contribution is 0.0919. The van der Waals surface area contributed by atoms with E-state index in [1.54, 1.807) is 17.1 Å². The Labute approximate surface area is 130 Å². The van der Waals surface area contributed by atoms with Crippen LogP contribution in [0.3, 0.4) is 0 Å². The molecule has 0 spiro atoms. The van der Waals surface area contributed by atoms with Crippen molar-refractivity contribution in [2.45, 2.75) is 33.3 Å². The van der Waals surface area contributed by atoms with Gasteiger partial charge in [-0.2, -0.15) is 5.10 Å². The largest absolute Gasteiger partial charge is 0.393 e. The van der Waals surface area contributed by atoms with Crippen LogP contribution < -0.4 is 5.32 Å². The van der Waals surface area contributed by atoms with E-state index in [9.17, 15) is 9.90 Å². The van der Waals surface area contributed by atoms with Gasteiger partial charge in [0.05, 0.1) is 11.8 Å². The maximum atomic E-state index is 12.2. The van der Waals surface area contributed by atoms with E-state index in [1.807, 2.05) is 32.9 Å². The lowest BCUT2D eigenvalue weighted by atomic mass is 10.0. The molecule has 1 aromatic heterocycles. The quantitative estimate of drug-likeness (QED) is 0.851. The van der Waals surface area contributed by atoms with Crippen molar-refractivity contribution in [2.75, 3.05) is 6.54 Å². The number of carbonyl (C=O) groups excluding carboxylic acids is 1. The number of hydrogen-bond acceptors (Lipinski definition) is 4. The van der Waals surface area contributed by atoms with E-state index >= 15 is 0 Å². The normalized spacial score (nSPS) is 12.4. The first kappa shape index (κ1) is 16.2. The van der Waals surface area contributed by atoms with Crippen molar-refractivity contribution >= 4 is 5.91 Å². The summed E-state index contributed by atoms with van der Waals surface area (Å²) >= 11 is 0. The monoisotopic (exact) mass is 302 g/mol. The minimum absolute atomic E-state index is 0.126. The fourth-order valence-electron chi connectivity index (χ4n) is 2.15. The number of aliphatic hydroxyl groups excluding tert-OH is 1. The third-order valence-electron chi connectivity index (χ3n) is 3.63. The zero-order chi connectivity index (χ0) is 16.1. The van der Waals surface area contributed by atoms with Crippen molar-refractivity contribution in [2.24, 2.45) is 5.92 Å². The van der Waals surface area contributed by atoms with Gasteiger partial charge in [0.1, 0.15) is 12.7 Å². The van der Waals surface area contributed by atoms with Gasteiger partial charge in [0, 0.05) is 12.1 Å². The molecule has 0 saturated heterocycles. The fourth-order valence-corrected chi connectivity index (χ4v) is 2.15. The average Bonchev–Trinajstić information content (AvgIpc) is 3.00. The molecule has 1 heterocycles. The Kier molecular flexibility index (Phi) is 5.27. The van der Waals surface area contributed by atoms with E-state index in [1.165, 1.54) is 6.33 Å². The van der Waals surface area contributed by atoms with Gasteiger partial charge in [-0.1, -0.05) is 13.8 Å². The Hall–Kier alpha value is -2.21. The van der Waals surface area contributed by atoms with Crippen molar-refractivity contribution in [3.63, 3.8) is 0 Å². The summed E-state index contributed by atoms with van der Waals surface area (Å²) < 4.78 is 1.65. The van der Waals surface area contributed by atoms with Gasteiger partial charge in [-0.25, -0.2) is 9.67 Å². The van der Waals surface area contributed by atoms with E-state index in [-0.39, 0.29) is 11.8 Å². The first-order chi connectivity index (χ1) is 10.5. The highest BCUT2D eigenvalue weighted by Gasteiger charge is 2.12. The number of aromatic nitrogens is 3. The molecule has 0 radical (unpaired) electrons. The highest BCUT2D eigenvalue weighted by Crippen LogP contribution is 2.14. The predicted molar refractivity (Wildman–Crippen MR) is 83.9 cm³/mol. The van der Waals surface area contributed by atoms with Gasteiger partial charge in [0.2, 0.25) is 0 Å². The highest BCUT2D eigenvalue weighted by molar-refractivity contribution is 5.95. The molecule has 6 nitrogen and oxygen atoms in total. The van der Waals surface area contributed by atoms with Gasteiger partial charge >= 0.3 is 0 Å². The molecule has 0 fully saturated rings. The minimum Gasteiger partial charge on any atom is -0.393 e. The average molecular weight is 302 g/mol. The Bertz CT molecular complexity index is 623. The molecule has 1 amide bonds. The molecular formula is C16H22N4O2. The molecule has 0 bridgehead atoms. The Morgan fingerprint density at radius 2 is 2.18 bits per heavy atom. The van der Waals surface area contributed by atoms with Gasteiger partial charge in [-0.05, 0) is 43.0 Å². The molecule has 0 saturated carbocycles. The van der Waals surface area contributed by atoms with Crippen LogP contribution in [-0.2, 0) is 0 Å². The molecule has 1 unspecified atom stereocenters. The number of aryl methyl sites for hydroxylation is 1. The van der Waals surface area contributed by atoms with Gasteiger partial charge in [-0.3, -0.25) is 4.79 Å². The molecule has 6 heteroatoms. The molecule has 2 aromatic rings. The lowest BCUT2D eigenvalue weighted by Gasteiger charge is -2.15. The first-order valence-corrected chi connectivity index (χ1v) is 7.41. The van der Waals surface area contributed by atoms with Crippen molar-refractivity contribution < 1.29 is 9.90 Å². The maximum Gasteiger partial charge on any atom is 0.251 e. The van der Waals surface area contributed by atoms with E-state index in [2.05, 4.69) is 15.4 Å². The molecular weight excluding hydrogens is 280 g/mol. The van der Waals surface area contributed by atoms with Gasteiger partial charge in [-0.15, -0.1) is 0 Å². The molecule has 2 rings (SSSR count). The smallest absolute Gasteiger partial charge is 0.251 e. The SMILES string of the molecule is Cc1cc(-n2cncn2)ccc1C(=O)NCCC(O)C(C)C. The summed E-state index contributed by atoms with van der Waals surface area (Å²) in [6, 6.07) is 5.51. The summed E-state index contributed by atoms with van der Waals surface area (Å²) in [6.07, 6.45) is 3.24. The van der Waals surface area contributed by atoms with E-state index in [0.717, 1.165) is 11.3 Å². The molecule has 1 aromatic carbocycles. The number of carbonyl (C=O) groups is 1. The second-order valence-electron chi connectivity index (χ2n) is 5.70. The van der Waals surface area contributed by atoms with Crippen LogP contribution in [-0.4, -0.2) is 38.4 Å². The number of rotatable bonds is 6. The van der Waals surface area contributed by atoms with Gasteiger partial charge in [0.15, 0.2) is 0 Å². The zero-order valence-corrected chi connectivity index (χ0v) is 13.2. The van der Waals surface area contributed by atoms with Crippen molar-refractivity contribution in [3.05, 3.63) is 42.0 Å². The Balaban J connectivity index is 1.99. The number of nitrogens with one attached hydrogen (secondary N) is 1. The Morgan fingerprint density at radius 3 is 2.77 bits per heavy atom. The molecule has 118 valence electrons. The highest BCUT2D eigenvalue weighted by atomic mass is 16.3. The first-order valence-electron chi connectivity index (χ1n) is 7.41. The molecule has 0 aliphatic heterocycles. The van der Waals surface area contributed by atoms with E-state index in [4.69, 9.17) is 0 Å². The van der Waals surface area contributed by atoms with E-state index < -0.39 is 6.10 Å². The van der Waals surface area contributed by atoms with Crippen molar-refractivity contribution in [1.82, 2.24) is 20.1 Å². The summed E-state index contributed by atoms with van der Waals surface area (Å²) in [6.45, 7) is 6.26. The standard InChI is InChI=1S/C16H22N4O2/c1-11(2)15(21)6-7-18-16(22)14-5-4-13(8-12(14)3)20-10-17-9-19-20/h4-5,8-11,15,21H,6-7H2,1-3H3,(H,18,22). The van der Waals surface area contributed by atoms with Crippen LogP contribution in [0.2, 0.25) is 0 Å². The summed E-state index contributed by atoms with van der Waals surface area (Å²) in [7, 11) is 0. The number of nitrogens with zero attached hydrogens (tertiary/aromatic N) is 3. The number of hydrogen-bond donors (Lipinski definition) is 2. The molecule has 1 atom stereocenters. The van der Waals surface area contributed by atoms with Crippen LogP contribution in [0, 0.1) is 12.8 Å². The number of aliphatic hydroxyl groups is 1. The zero-order valence-electron chi connectivity index (χ0n) is 13.2. The third-order valence-corrected chi connectivity index (χ3v) is 3.63. The van der Waals surface area contributed by atoms with Gasteiger partial charge < -0.3 is 10.4 Å². The minimum atomic E-state index is -0.393. The van der Waals surface area contributed by atoms with Crippen molar-refractivity contribution in [1.29, 1.82) is 0 Å². The van der Waals surface area contributed by atoms with Crippen LogP contribution >= 0.6 is 0 Å². The van der Waals surface area contributed by atoms with Crippen LogP contribution in [0.4, 0.5) is 0 Å². The fraction of sp³-hybridized carbons (Fsp3) is 0.438. The maximum absolute atomic E-state index is 12.2. The summed E-state index contributed by atoms with van der Waals surface area (Å²) in [5.41, 5.74) is 2.36. The number of benzene rings is 1. The molecule has 22 heavy (non-hydrogen) atoms. The lowest BCUT2D eigenvalue weighted by Crippen LogP contribution is -2.29. The van der Waals surface area contributed by atoms with Crippen LogP contribution in [0.15, 0.2) is 30.9 Å². The van der Waals surface area contributed by atoms with E-state index in [0.29, 0.717) is 18.5 Å². The van der Waals surface area contributed by atoms with Crippen LogP contribution in [0.1, 0.15) is 36.2 Å².